The van der Waals surface area contributed by atoms with E-state index in [2.05, 4.69) is 22.2 Å². The fourth-order valence-corrected chi connectivity index (χ4v) is 3.18. The van der Waals surface area contributed by atoms with Gasteiger partial charge in [-0.05, 0) is 41.8 Å². The molecule has 0 atom stereocenters. The van der Waals surface area contributed by atoms with E-state index in [-0.39, 0.29) is 12.3 Å². The highest BCUT2D eigenvalue weighted by Gasteiger charge is 2.13. The molecule has 0 aliphatic heterocycles. The van der Waals surface area contributed by atoms with Gasteiger partial charge in [0.05, 0.1) is 6.42 Å². The number of amides is 1. The van der Waals surface area contributed by atoms with Crippen molar-refractivity contribution in [2.45, 2.75) is 26.2 Å². The standard InChI is InChI=1S/C24H26N4O3/c1-4-16-5-9-18(10-6-16)24(31)26-20-11-7-17(8-12-20)13-21-25-15-19(14-22(29)30)23(27-21)28(2)3/h5-12,15H,4,13-14H2,1-3H3,(H,26,31)(H,29,30). The molecule has 7 nitrogen and oxygen atoms in total. The van der Waals surface area contributed by atoms with Crippen LogP contribution in [0.5, 0.6) is 0 Å². The molecule has 3 aromatic rings. The molecule has 0 saturated heterocycles. The second-order valence-corrected chi connectivity index (χ2v) is 7.48. The van der Waals surface area contributed by atoms with Crippen molar-refractivity contribution in [1.82, 2.24) is 9.97 Å². The van der Waals surface area contributed by atoms with Crippen LogP contribution in [-0.4, -0.2) is 41.0 Å². The zero-order chi connectivity index (χ0) is 22.4. The van der Waals surface area contributed by atoms with Crippen LogP contribution in [0, 0.1) is 0 Å². The lowest BCUT2D eigenvalue weighted by Gasteiger charge is -2.16. The van der Waals surface area contributed by atoms with Crippen molar-refractivity contribution in [2.75, 3.05) is 24.3 Å². The van der Waals surface area contributed by atoms with E-state index in [1.165, 1.54) is 5.56 Å². The zero-order valence-electron chi connectivity index (χ0n) is 17.9. The van der Waals surface area contributed by atoms with Gasteiger partial charge >= 0.3 is 5.97 Å². The summed E-state index contributed by atoms with van der Waals surface area (Å²) in [5, 5.41) is 12.0. The van der Waals surface area contributed by atoms with E-state index in [0.717, 1.165) is 12.0 Å². The maximum absolute atomic E-state index is 12.4. The first-order chi connectivity index (χ1) is 14.9. The van der Waals surface area contributed by atoms with Gasteiger partial charge in [-0.2, -0.15) is 0 Å². The molecule has 31 heavy (non-hydrogen) atoms. The van der Waals surface area contributed by atoms with Gasteiger partial charge in [-0.3, -0.25) is 9.59 Å². The highest BCUT2D eigenvalue weighted by atomic mass is 16.4. The van der Waals surface area contributed by atoms with E-state index in [1.807, 2.05) is 62.6 Å². The Hall–Kier alpha value is -3.74. The van der Waals surface area contributed by atoms with Crippen LogP contribution in [0.25, 0.3) is 0 Å². The summed E-state index contributed by atoms with van der Waals surface area (Å²) in [6.07, 6.45) is 2.89. The number of hydrogen-bond acceptors (Lipinski definition) is 5. The Balaban J connectivity index is 1.68. The average molecular weight is 418 g/mol. The van der Waals surface area contributed by atoms with E-state index in [4.69, 9.17) is 5.11 Å². The predicted molar refractivity (Wildman–Crippen MR) is 121 cm³/mol. The molecule has 3 rings (SSSR count). The molecule has 0 aliphatic carbocycles. The van der Waals surface area contributed by atoms with Crippen LogP contribution in [-0.2, 0) is 24.1 Å². The quantitative estimate of drug-likeness (QED) is 0.581. The molecule has 0 saturated carbocycles. The topological polar surface area (TPSA) is 95.4 Å². The van der Waals surface area contributed by atoms with Gasteiger partial charge in [0, 0.05) is 43.5 Å². The van der Waals surface area contributed by atoms with Crippen LogP contribution >= 0.6 is 0 Å². The molecule has 2 aromatic carbocycles. The van der Waals surface area contributed by atoms with Crippen molar-refractivity contribution in [3.05, 3.63) is 82.8 Å². The average Bonchev–Trinajstić information content (AvgIpc) is 2.75. The van der Waals surface area contributed by atoms with Crippen molar-refractivity contribution in [2.24, 2.45) is 0 Å². The van der Waals surface area contributed by atoms with E-state index in [1.54, 1.807) is 11.1 Å². The van der Waals surface area contributed by atoms with Crippen molar-refractivity contribution < 1.29 is 14.7 Å². The number of carbonyl (C=O) groups is 2. The lowest BCUT2D eigenvalue weighted by Crippen LogP contribution is -2.17. The summed E-state index contributed by atoms with van der Waals surface area (Å²) >= 11 is 0. The molecule has 7 heteroatoms. The largest absolute Gasteiger partial charge is 0.481 e. The number of anilines is 2. The van der Waals surface area contributed by atoms with E-state index >= 15 is 0 Å². The molecule has 0 bridgehead atoms. The lowest BCUT2D eigenvalue weighted by atomic mass is 10.1. The van der Waals surface area contributed by atoms with E-state index < -0.39 is 5.97 Å². The number of carboxylic acids is 1. The molecule has 0 fully saturated rings. The highest BCUT2D eigenvalue weighted by molar-refractivity contribution is 6.04. The number of nitrogens with one attached hydrogen (secondary N) is 1. The molecular weight excluding hydrogens is 392 g/mol. The van der Waals surface area contributed by atoms with Crippen molar-refractivity contribution in [3.63, 3.8) is 0 Å². The van der Waals surface area contributed by atoms with E-state index in [0.29, 0.717) is 34.9 Å². The SMILES string of the molecule is CCc1ccc(C(=O)Nc2ccc(Cc3ncc(CC(=O)O)c(N(C)C)n3)cc2)cc1. The Kier molecular flexibility index (Phi) is 6.97. The monoisotopic (exact) mass is 418 g/mol. The summed E-state index contributed by atoms with van der Waals surface area (Å²) in [6.45, 7) is 2.08. The molecule has 0 unspecified atom stereocenters. The summed E-state index contributed by atoms with van der Waals surface area (Å²) in [5.41, 5.74) is 4.08. The maximum Gasteiger partial charge on any atom is 0.308 e. The Morgan fingerprint density at radius 3 is 2.23 bits per heavy atom. The molecule has 0 aliphatic rings. The number of aromatic nitrogens is 2. The fourth-order valence-electron chi connectivity index (χ4n) is 3.18. The number of carboxylic acid groups (broad SMARTS) is 1. The van der Waals surface area contributed by atoms with Gasteiger partial charge in [-0.15, -0.1) is 0 Å². The normalized spacial score (nSPS) is 10.5. The molecule has 1 heterocycles. The number of nitrogens with zero attached hydrogens (tertiary/aromatic N) is 3. The third kappa shape index (κ3) is 5.88. The number of hydrogen-bond donors (Lipinski definition) is 2. The molecule has 1 amide bonds. The minimum atomic E-state index is -0.918. The first-order valence-corrected chi connectivity index (χ1v) is 10.1. The Morgan fingerprint density at radius 1 is 1.00 bits per heavy atom. The third-order valence-corrected chi connectivity index (χ3v) is 4.86. The summed E-state index contributed by atoms with van der Waals surface area (Å²) in [7, 11) is 3.65. The molecule has 0 radical (unpaired) electrons. The molecule has 2 N–H and O–H groups in total. The Morgan fingerprint density at radius 2 is 1.65 bits per heavy atom. The lowest BCUT2D eigenvalue weighted by molar-refractivity contribution is -0.136. The highest BCUT2D eigenvalue weighted by Crippen LogP contribution is 2.18. The first kappa shape index (κ1) is 22.0. The minimum Gasteiger partial charge on any atom is -0.481 e. The van der Waals surface area contributed by atoms with Crippen molar-refractivity contribution in [1.29, 1.82) is 0 Å². The van der Waals surface area contributed by atoms with E-state index in [9.17, 15) is 9.59 Å². The van der Waals surface area contributed by atoms with Gasteiger partial charge in [0.25, 0.3) is 5.91 Å². The first-order valence-electron chi connectivity index (χ1n) is 10.1. The number of aliphatic carboxylic acids is 1. The summed E-state index contributed by atoms with van der Waals surface area (Å²) < 4.78 is 0. The van der Waals surface area contributed by atoms with Crippen molar-refractivity contribution >= 4 is 23.4 Å². The van der Waals surface area contributed by atoms with Crippen LogP contribution in [0.3, 0.4) is 0 Å². The number of carbonyl (C=O) groups excluding carboxylic acids is 1. The predicted octanol–water partition coefficient (Wildman–Crippen LogP) is 3.58. The summed E-state index contributed by atoms with van der Waals surface area (Å²) in [5.74, 6) is 0.137. The second-order valence-electron chi connectivity index (χ2n) is 7.48. The van der Waals surface area contributed by atoms with Gasteiger partial charge in [-0.1, -0.05) is 31.2 Å². The van der Waals surface area contributed by atoms with Crippen LogP contribution in [0.2, 0.25) is 0 Å². The van der Waals surface area contributed by atoms with Crippen LogP contribution in [0.4, 0.5) is 11.5 Å². The van der Waals surface area contributed by atoms with Gasteiger partial charge < -0.3 is 15.3 Å². The van der Waals surface area contributed by atoms with Crippen LogP contribution < -0.4 is 10.2 Å². The van der Waals surface area contributed by atoms with Gasteiger partial charge in [0.2, 0.25) is 0 Å². The molecule has 1 aromatic heterocycles. The fraction of sp³-hybridized carbons (Fsp3) is 0.250. The Bertz CT molecular complexity index is 1060. The van der Waals surface area contributed by atoms with Crippen LogP contribution in [0.15, 0.2) is 54.7 Å². The molecular formula is C24H26N4O3. The number of rotatable bonds is 8. The zero-order valence-corrected chi connectivity index (χ0v) is 17.9. The van der Waals surface area contributed by atoms with Gasteiger partial charge in [0.1, 0.15) is 11.6 Å². The van der Waals surface area contributed by atoms with Gasteiger partial charge in [0.15, 0.2) is 0 Å². The van der Waals surface area contributed by atoms with Gasteiger partial charge in [-0.25, -0.2) is 9.97 Å². The minimum absolute atomic E-state index is 0.122. The van der Waals surface area contributed by atoms with Crippen molar-refractivity contribution in [3.8, 4) is 0 Å². The van der Waals surface area contributed by atoms with Crippen LogP contribution in [0.1, 0.15) is 39.8 Å². The maximum atomic E-state index is 12.4. The summed E-state index contributed by atoms with van der Waals surface area (Å²) in [4.78, 5) is 34.1. The number of aryl methyl sites for hydroxylation is 1. The smallest absolute Gasteiger partial charge is 0.308 e. The number of benzene rings is 2. The second kappa shape index (κ2) is 9.84. The Labute approximate surface area is 181 Å². The molecule has 0 spiro atoms. The third-order valence-electron chi connectivity index (χ3n) is 4.86. The molecule has 160 valence electrons. The summed E-state index contributed by atoms with van der Waals surface area (Å²) in [6, 6.07) is 15.1.